The van der Waals surface area contributed by atoms with Gasteiger partial charge in [-0.25, -0.2) is 18.0 Å². The number of sulfonamides is 1. The first-order chi connectivity index (χ1) is 12.5. The fourth-order valence-electron chi connectivity index (χ4n) is 2.94. The Morgan fingerprint density at radius 3 is 2.59 bits per heavy atom. The average molecular weight is 397 g/mol. The fourth-order valence-corrected chi connectivity index (χ4v) is 4.20. The first-order valence-corrected chi connectivity index (χ1v) is 10.3. The number of carbonyl (C=O) groups is 3. The van der Waals surface area contributed by atoms with Crippen molar-refractivity contribution in [1.29, 1.82) is 0 Å². The van der Waals surface area contributed by atoms with Crippen LogP contribution in [0.2, 0.25) is 0 Å². The Bertz CT molecular complexity index is 867. The lowest BCUT2D eigenvalue weighted by molar-refractivity contribution is -0.127. The van der Waals surface area contributed by atoms with Gasteiger partial charge in [0, 0.05) is 12.6 Å². The van der Waals surface area contributed by atoms with Crippen LogP contribution >= 0.6 is 0 Å². The summed E-state index contributed by atoms with van der Waals surface area (Å²) in [6.45, 7) is 5.19. The second-order valence-electron chi connectivity index (χ2n) is 6.35. The van der Waals surface area contributed by atoms with Gasteiger partial charge < -0.3 is 10.1 Å². The third-order valence-corrected chi connectivity index (χ3v) is 5.32. The van der Waals surface area contributed by atoms with Crippen LogP contribution in [0, 0.1) is 0 Å². The van der Waals surface area contributed by atoms with Crippen LogP contribution in [0.15, 0.2) is 18.2 Å². The molecule has 1 aromatic rings. The Morgan fingerprint density at radius 2 is 2.00 bits per heavy atom. The Balaban J connectivity index is 2.10. The number of esters is 1. The van der Waals surface area contributed by atoms with Crippen molar-refractivity contribution in [3.05, 3.63) is 29.3 Å². The molecular formula is C17H23N3O6S. The van der Waals surface area contributed by atoms with Gasteiger partial charge in [0.2, 0.25) is 10.0 Å². The smallest absolute Gasteiger partial charge is 0.338 e. The summed E-state index contributed by atoms with van der Waals surface area (Å²) in [6, 6.07) is 3.65. The standard InChI is InChI=1S/C17H23N3O6S/c1-5-18-17(23)19-15(21)11(3)26-16(22)12-6-7-14-13(9-12)8-10(2)20(14)27(4,24)25/h6-7,9-11H,5,8H2,1-4H3,(H2,18,19,21,23). The van der Waals surface area contributed by atoms with E-state index in [4.69, 9.17) is 4.74 Å². The van der Waals surface area contributed by atoms with Gasteiger partial charge in [-0.1, -0.05) is 0 Å². The fraction of sp³-hybridized carbons (Fsp3) is 0.471. The summed E-state index contributed by atoms with van der Waals surface area (Å²) < 4.78 is 30.3. The van der Waals surface area contributed by atoms with Gasteiger partial charge in [-0.3, -0.25) is 14.4 Å². The molecule has 27 heavy (non-hydrogen) atoms. The maximum atomic E-state index is 12.3. The van der Waals surface area contributed by atoms with Gasteiger partial charge >= 0.3 is 12.0 Å². The van der Waals surface area contributed by atoms with Crippen molar-refractivity contribution in [2.45, 2.75) is 39.3 Å². The molecule has 1 aromatic carbocycles. The highest BCUT2D eigenvalue weighted by Crippen LogP contribution is 2.34. The zero-order chi connectivity index (χ0) is 20.4. The van der Waals surface area contributed by atoms with Crippen molar-refractivity contribution in [3.63, 3.8) is 0 Å². The molecule has 2 rings (SSSR count). The van der Waals surface area contributed by atoms with E-state index in [9.17, 15) is 22.8 Å². The van der Waals surface area contributed by atoms with Crippen LogP contribution in [0.25, 0.3) is 0 Å². The molecule has 0 saturated carbocycles. The van der Waals surface area contributed by atoms with E-state index < -0.39 is 34.0 Å². The summed E-state index contributed by atoms with van der Waals surface area (Å²) >= 11 is 0. The number of nitrogens with one attached hydrogen (secondary N) is 2. The van der Waals surface area contributed by atoms with Gasteiger partial charge in [0.15, 0.2) is 6.10 Å². The van der Waals surface area contributed by atoms with Gasteiger partial charge in [0.1, 0.15) is 0 Å². The summed E-state index contributed by atoms with van der Waals surface area (Å²) in [4.78, 5) is 35.5. The van der Waals surface area contributed by atoms with E-state index in [1.807, 2.05) is 0 Å². The molecule has 9 nitrogen and oxygen atoms in total. The lowest BCUT2D eigenvalue weighted by Gasteiger charge is -2.22. The molecule has 1 aliphatic heterocycles. The minimum Gasteiger partial charge on any atom is -0.449 e. The molecule has 2 atom stereocenters. The number of imide groups is 1. The molecule has 148 valence electrons. The number of ether oxygens (including phenoxy) is 1. The lowest BCUT2D eigenvalue weighted by atomic mass is 10.1. The van der Waals surface area contributed by atoms with Crippen LogP contribution in [-0.2, 0) is 26.0 Å². The second-order valence-corrected chi connectivity index (χ2v) is 8.21. The third-order valence-electron chi connectivity index (χ3n) is 4.05. The van der Waals surface area contributed by atoms with Gasteiger partial charge in [-0.2, -0.15) is 0 Å². The first-order valence-electron chi connectivity index (χ1n) is 8.46. The van der Waals surface area contributed by atoms with E-state index in [0.29, 0.717) is 24.2 Å². The molecule has 2 N–H and O–H groups in total. The summed E-state index contributed by atoms with van der Waals surface area (Å²) in [5.41, 5.74) is 1.44. The normalized spacial score (nSPS) is 17.0. The van der Waals surface area contributed by atoms with Crippen molar-refractivity contribution >= 4 is 33.6 Å². The minimum absolute atomic E-state index is 0.203. The second kappa shape index (κ2) is 7.95. The Kier molecular flexibility index (Phi) is 6.09. The summed E-state index contributed by atoms with van der Waals surface area (Å²) in [5, 5.41) is 4.47. The third kappa shape index (κ3) is 4.76. The SMILES string of the molecule is CCNC(=O)NC(=O)C(C)OC(=O)c1ccc2c(c1)CC(C)N2S(C)(=O)=O. The number of carbonyl (C=O) groups excluding carboxylic acids is 3. The molecular weight excluding hydrogens is 374 g/mol. The van der Waals surface area contributed by atoms with E-state index in [2.05, 4.69) is 10.6 Å². The highest BCUT2D eigenvalue weighted by atomic mass is 32.2. The summed E-state index contributed by atoms with van der Waals surface area (Å²) in [6.07, 6.45) is 0.437. The van der Waals surface area contributed by atoms with E-state index in [-0.39, 0.29) is 11.6 Å². The maximum absolute atomic E-state index is 12.3. The predicted octanol–water partition coefficient (Wildman–Crippen LogP) is 0.788. The summed E-state index contributed by atoms with van der Waals surface area (Å²) in [5.74, 6) is -1.48. The Hall–Kier alpha value is -2.62. The van der Waals surface area contributed by atoms with Crippen LogP contribution in [0.4, 0.5) is 10.5 Å². The molecule has 0 aromatic heterocycles. The molecule has 10 heteroatoms. The van der Waals surface area contributed by atoms with Crippen molar-refractivity contribution in [1.82, 2.24) is 10.6 Å². The van der Waals surface area contributed by atoms with E-state index >= 15 is 0 Å². The molecule has 2 unspecified atom stereocenters. The number of hydrogen-bond donors (Lipinski definition) is 2. The number of fused-ring (bicyclic) bond motifs is 1. The highest BCUT2D eigenvalue weighted by molar-refractivity contribution is 7.92. The molecule has 1 heterocycles. The minimum atomic E-state index is -3.42. The van der Waals surface area contributed by atoms with Crippen molar-refractivity contribution < 1.29 is 27.5 Å². The van der Waals surface area contributed by atoms with Gasteiger partial charge in [-0.15, -0.1) is 0 Å². The number of anilines is 1. The number of urea groups is 1. The molecule has 1 aliphatic rings. The van der Waals surface area contributed by atoms with Crippen LogP contribution < -0.4 is 14.9 Å². The van der Waals surface area contributed by atoms with Gasteiger partial charge in [0.05, 0.1) is 17.5 Å². The summed E-state index contributed by atoms with van der Waals surface area (Å²) in [7, 11) is -3.42. The zero-order valence-electron chi connectivity index (χ0n) is 15.6. The largest absolute Gasteiger partial charge is 0.449 e. The number of benzene rings is 1. The zero-order valence-corrected chi connectivity index (χ0v) is 16.4. The van der Waals surface area contributed by atoms with Crippen LogP contribution in [0.1, 0.15) is 36.7 Å². The molecule has 3 amide bonds. The number of rotatable bonds is 5. The van der Waals surface area contributed by atoms with Crippen LogP contribution in [0.5, 0.6) is 0 Å². The number of amides is 3. The van der Waals surface area contributed by atoms with E-state index in [1.54, 1.807) is 26.0 Å². The molecule has 0 saturated heterocycles. The quantitative estimate of drug-likeness (QED) is 0.709. The highest BCUT2D eigenvalue weighted by Gasteiger charge is 2.33. The van der Waals surface area contributed by atoms with Crippen LogP contribution in [0.3, 0.4) is 0 Å². The lowest BCUT2D eigenvalue weighted by Crippen LogP contribution is -2.44. The molecule has 0 radical (unpaired) electrons. The molecule has 0 bridgehead atoms. The topological polar surface area (TPSA) is 122 Å². The molecule has 0 aliphatic carbocycles. The number of hydrogen-bond acceptors (Lipinski definition) is 6. The molecule has 0 fully saturated rings. The van der Waals surface area contributed by atoms with Crippen molar-refractivity contribution in [2.24, 2.45) is 0 Å². The van der Waals surface area contributed by atoms with Crippen LogP contribution in [-0.4, -0.2) is 51.3 Å². The first kappa shape index (κ1) is 20.7. The average Bonchev–Trinajstić information content (AvgIpc) is 2.89. The van der Waals surface area contributed by atoms with E-state index in [1.165, 1.54) is 17.3 Å². The van der Waals surface area contributed by atoms with Gasteiger partial charge in [-0.05, 0) is 51.0 Å². The maximum Gasteiger partial charge on any atom is 0.338 e. The Labute approximate surface area is 158 Å². The monoisotopic (exact) mass is 397 g/mol. The van der Waals surface area contributed by atoms with Crippen molar-refractivity contribution in [3.8, 4) is 0 Å². The molecule has 0 spiro atoms. The van der Waals surface area contributed by atoms with E-state index in [0.717, 1.165) is 6.26 Å². The van der Waals surface area contributed by atoms with Crippen molar-refractivity contribution in [2.75, 3.05) is 17.1 Å². The van der Waals surface area contributed by atoms with Gasteiger partial charge in [0.25, 0.3) is 5.91 Å². The predicted molar refractivity (Wildman–Crippen MR) is 99.0 cm³/mol. The number of nitrogens with zero attached hydrogens (tertiary/aromatic N) is 1. The Morgan fingerprint density at radius 1 is 1.33 bits per heavy atom.